The van der Waals surface area contributed by atoms with Gasteiger partial charge in [0.2, 0.25) is 0 Å². The third-order valence-corrected chi connectivity index (χ3v) is 9.10. The zero-order chi connectivity index (χ0) is 30.1. The molecule has 222 valence electrons. The number of carbonyl (C=O) groups excluding carboxylic acids is 1. The van der Waals surface area contributed by atoms with E-state index < -0.39 is 12.0 Å². The summed E-state index contributed by atoms with van der Waals surface area (Å²) in [7, 11) is 0. The van der Waals surface area contributed by atoms with Crippen molar-refractivity contribution in [3.8, 4) is 11.5 Å². The molecule has 6 heteroatoms. The lowest BCUT2D eigenvalue weighted by Gasteiger charge is -2.29. The molecule has 6 nitrogen and oxygen atoms in total. The average molecular weight is 577 g/mol. The largest absolute Gasteiger partial charge is 0.480 e. The number of fused-ring (bicyclic) bond motifs is 1. The van der Waals surface area contributed by atoms with Crippen molar-refractivity contribution in [3.05, 3.63) is 101 Å². The Morgan fingerprint density at radius 3 is 2.26 bits per heavy atom. The Labute approximate surface area is 253 Å². The molecule has 1 saturated heterocycles. The van der Waals surface area contributed by atoms with E-state index >= 15 is 0 Å². The number of amides is 1. The van der Waals surface area contributed by atoms with Gasteiger partial charge in [0.1, 0.15) is 23.2 Å². The monoisotopic (exact) mass is 576 g/mol. The molecule has 0 bridgehead atoms. The highest BCUT2D eigenvalue weighted by Gasteiger charge is 2.42. The molecule has 2 fully saturated rings. The Bertz CT molecular complexity index is 1620. The number of carbonyl (C=O) groups is 2. The first-order valence-corrected chi connectivity index (χ1v) is 15.5. The molecule has 1 aliphatic carbocycles. The fraction of sp³-hybridized carbons (Fsp3) is 0.378. The number of pyridine rings is 1. The predicted octanol–water partition coefficient (Wildman–Crippen LogP) is 8.49. The van der Waals surface area contributed by atoms with Crippen molar-refractivity contribution in [1.82, 2.24) is 9.88 Å². The van der Waals surface area contributed by atoms with Crippen molar-refractivity contribution >= 4 is 22.6 Å². The van der Waals surface area contributed by atoms with Crippen LogP contribution in [-0.4, -0.2) is 32.9 Å². The topological polar surface area (TPSA) is 79.7 Å². The Hall–Kier alpha value is -4.19. The molecule has 1 aliphatic heterocycles. The van der Waals surface area contributed by atoms with Crippen molar-refractivity contribution < 1.29 is 19.4 Å². The lowest BCUT2D eigenvalue weighted by atomic mass is 9.87. The Morgan fingerprint density at radius 2 is 1.58 bits per heavy atom. The summed E-state index contributed by atoms with van der Waals surface area (Å²) in [6, 6.07) is 24.5. The summed E-state index contributed by atoms with van der Waals surface area (Å²) in [6.45, 7) is 6.58. The molecule has 1 N–H and O–H groups in total. The van der Waals surface area contributed by atoms with Gasteiger partial charge in [-0.05, 0) is 77.4 Å². The molecule has 0 unspecified atom stereocenters. The third-order valence-electron chi connectivity index (χ3n) is 9.10. The van der Waals surface area contributed by atoms with Crippen LogP contribution in [0.25, 0.3) is 10.8 Å². The highest BCUT2D eigenvalue weighted by molar-refractivity contribution is 5.99. The van der Waals surface area contributed by atoms with Crippen LogP contribution in [0.5, 0.6) is 11.5 Å². The molecule has 2 aliphatic rings. The van der Waals surface area contributed by atoms with Gasteiger partial charge in [-0.1, -0.05) is 95.0 Å². The number of rotatable bonds is 7. The summed E-state index contributed by atoms with van der Waals surface area (Å²) >= 11 is 0. The second-order valence-electron chi connectivity index (χ2n) is 13.1. The van der Waals surface area contributed by atoms with Gasteiger partial charge in [0, 0.05) is 11.1 Å². The molecule has 6 rings (SSSR count). The maximum Gasteiger partial charge on any atom is 0.326 e. The zero-order valence-electron chi connectivity index (χ0n) is 25.3. The van der Waals surface area contributed by atoms with Crippen LogP contribution in [-0.2, 0) is 16.6 Å². The van der Waals surface area contributed by atoms with E-state index in [2.05, 4.69) is 32.9 Å². The minimum atomic E-state index is -0.976. The number of benzene rings is 3. The molecule has 0 spiro atoms. The second kappa shape index (κ2) is 11.8. The van der Waals surface area contributed by atoms with Gasteiger partial charge in [-0.15, -0.1) is 0 Å². The molecule has 4 aromatic rings. The lowest BCUT2D eigenvalue weighted by Crippen LogP contribution is -2.42. The summed E-state index contributed by atoms with van der Waals surface area (Å²) in [6.07, 6.45) is 6.54. The van der Waals surface area contributed by atoms with E-state index in [1.54, 1.807) is 4.90 Å². The highest BCUT2D eigenvalue weighted by Crippen LogP contribution is 2.39. The number of hydrogen-bond donors (Lipinski definition) is 1. The molecule has 1 amide bonds. The van der Waals surface area contributed by atoms with E-state index in [-0.39, 0.29) is 17.4 Å². The predicted molar refractivity (Wildman–Crippen MR) is 169 cm³/mol. The molecular formula is C37H40N2O4. The van der Waals surface area contributed by atoms with Crippen molar-refractivity contribution in [3.63, 3.8) is 0 Å². The van der Waals surface area contributed by atoms with Crippen molar-refractivity contribution in [2.24, 2.45) is 5.92 Å². The van der Waals surface area contributed by atoms with E-state index in [9.17, 15) is 14.7 Å². The van der Waals surface area contributed by atoms with Crippen molar-refractivity contribution in [2.45, 2.75) is 83.2 Å². The summed E-state index contributed by atoms with van der Waals surface area (Å²) in [5.74, 6) is 0.708. The van der Waals surface area contributed by atoms with Crippen LogP contribution in [0.3, 0.4) is 0 Å². The van der Waals surface area contributed by atoms with Gasteiger partial charge in [0.05, 0.1) is 6.04 Å². The fourth-order valence-electron chi connectivity index (χ4n) is 6.74. The Morgan fingerprint density at radius 1 is 0.884 bits per heavy atom. The van der Waals surface area contributed by atoms with Gasteiger partial charge >= 0.3 is 5.97 Å². The number of carboxylic acids is 1. The first kappa shape index (κ1) is 28.9. The number of likely N-dealkylation sites (tertiary alicyclic amines) is 1. The number of nitrogens with zero attached hydrogens (tertiary/aromatic N) is 2. The third kappa shape index (κ3) is 6.15. The van der Waals surface area contributed by atoms with Gasteiger partial charge in [0.25, 0.3) is 5.91 Å². The fourth-order valence-corrected chi connectivity index (χ4v) is 6.74. The summed E-state index contributed by atoms with van der Waals surface area (Å²) < 4.78 is 6.27. The van der Waals surface area contributed by atoms with Crippen LogP contribution in [0, 0.1) is 5.92 Å². The van der Waals surface area contributed by atoms with Crippen LogP contribution in [0.1, 0.15) is 92.6 Å². The van der Waals surface area contributed by atoms with Crippen LogP contribution in [0.15, 0.2) is 78.9 Å². The van der Waals surface area contributed by atoms with E-state index in [1.165, 1.54) is 18.4 Å². The molecule has 0 radical (unpaired) electrons. The van der Waals surface area contributed by atoms with Gasteiger partial charge in [-0.2, -0.15) is 0 Å². The summed E-state index contributed by atoms with van der Waals surface area (Å²) in [5.41, 5.74) is 3.45. The number of hydrogen-bond acceptors (Lipinski definition) is 4. The molecular weight excluding hydrogens is 536 g/mol. The molecule has 3 aromatic carbocycles. The SMILES string of the molecule is CC(C)(C)c1ccc(Oc2ccc3cc(C(=O)N4[C@@H](c5ccccc5)CC[C@H]4C(=O)O)nc(CC4CCCC4)c3c2)cc1. The van der Waals surface area contributed by atoms with E-state index in [0.717, 1.165) is 52.8 Å². The van der Waals surface area contributed by atoms with Crippen LogP contribution in [0.4, 0.5) is 0 Å². The van der Waals surface area contributed by atoms with Crippen LogP contribution < -0.4 is 4.74 Å². The molecule has 1 saturated carbocycles. The average Bonchev–Trinajstić information content (AvgIpc) is 3.68. The van der Waals surface area contributed by atoms with Gasteiger partial charge in [-0.3, -0.25) is 4.79 Å². The summed E-state index contributed by atoms with van der Waals surface area (Å²) in [4.78, 5) is 32.9. The number of aliphatic carboxylic acids is 1. The van der Waals surface area contributed by atoms with Crippen molar-refractivity contribution in [2.75, 3.05) is 0 Å². The van der Waals surface area contributed by atoms with Crippen molar-refractivity contribution in [1.29, 1.82) is 0 Å². The second-order valence-corrected chi connectivity index (χ2v) is 13.1. The zero-order valence-corrected chi connectivity index (χ0v) is 25.3. The number of ether oxygens (including phenoxy) is 1. The van der Waals surface area contributed by atoms with E-state index in [4.69, 9.17) is 9.72 Å². The highest BCUT2D eigenvalue weighted by atomic mass is 16.5. The molecule has 2 heterocycles. The quantitative estimate of drug-likeness (QED) is 0.239. The van der Waals surface area contributed by atoms with Gasteiger partial charge in [-0.25, -0.2) is 9.78 Å². The first-order chi connectivity index (χ1) is 20.7. The maximum atomic E-state index is 14.2. The standard InChI is InChI=1S/C37H40N2O4/c1-37(2,3)27-14-17-28(18-15-27)43-29-16-13-26-22-32(38-31(30(26)23-29)21-24-9-7-8-10-24)35(40)39-33(19-20-34(39)36(41)42)25-11-5-4-6-12-25/h4-6,11-18,22-24,33-34H,7-10,19-21H2,1-3H3,(H,41,42)/t33-,34+/m1/s1. The van der Waals surface area contributed by atoms with E-state index in [0.29, 0.717) is 24.5 Å². The first-order valence-electron chi connectivity index (χ1n) is 15.5. The molecule has 43 heavy (non-hydrogen) atoms. The lowest BCUT2D eigenvalue weighted by molar-refractivity contribution is -0.141. The Kier molecular flexibility index (Phi) is 7.95. The van der Waals surface area contributed by atoms with Gasteiger partial charge < -0.3 is 14.7 Å². The number of aromatic nitrogens is 1. The van der Waals surface area contributed by atoms with Crippen LogP contribution in [0.2, 0.25) is 0 Å². The maximum absolute atomic E-state index is 14.2. The van der Waals surface area contributed by atoms with E-state index in [1.807, 2.05) is 66.7 Å². The normalized spacial score (nSPS) is 19.2. The van der Waals surface area contributed by atoms with Gasteiger partial charge in [0.15, 0.2) is 0 Å². The summed E-state index contributed by atoms with van der Waals surface area (Å²) in [5, 5.41) is 11.9. The molecule has 2 atom stereocenters. The minimum absolute atomic E-state index is 0.0676. The Balaban J connectivity index is 1.36. The molecule has 1 aromatic heterocycles. The smallest absolute Gasteiger partial charge is 0.326 e. The van der Waals surface area contributed by atoms with Crippen LogP contribution >= 0.6 is 0 Å². The minimum Gasteiger partial charge on any atom is -0.480 e. The number of carboxylic acid groups (broad SMARTS) is 1.